The molecule has 1 aromatic heterocycles. The molecule has 1 atom stereocenters. The number of nitrogens with one attached hydrogen (secondary N) is 2. The Bertz CT molecular complexity index is 460. The molecule has 2 N–H and O–H groups in total. The maximum Gasteiger partial charge on any atom is 0.255 e. The van der Waals surface area contributed by atoms with Gasteiger partial charge in [-0.15, -0.1) is 0 Å². The Morgan fingerprint density at radius 3 is 2.95 bits per heavy atom. The minimum atomic E-state index is -0.494. The Balaban J connectivity index is 2.10. The molecular weight excluding hydrogens is 245 g/mol. The lowest BCUT2D eigenvalue weighted by molar-refractivity contribution is 0.0936. The van der Waals surface area contributed by atoms with Gasteiger partial charge in [-0.05, 0) is 38.2 Å². The number of hydrogen-bond donors (Lipinski definition) is 2. The Morgan fingerprint density at radius 1 is 1.58 bits per heavy atom. The van der Waals surface area contributed by atoms with Crippen molar-refractivity contribution in [2.75, 3.05) is 11.9 Å². The van der Waals surface area contributed by atoms with Crippen molar-refractivity contribution < 1.29 is 9.18 Å². The SMILES string of the molecule is CCCNc1ncc(F)cc1C(=O)NC(C)C1CC1. The summed E-state index contributed by atoms with van der Waals surface area (Å²) < 4.78 is 13.3. The van der Waals surface area contributed by atoms with E-state index in [0.29, 0.717) is 18.3 Å². The molecule has 1 aliphatic carbocycles. The van der Waals surface area contributed by atoms with Crippen molar-refractivity contribution >= 4 is 11.7 Å². The van der Waals surface area contributed by atoms with Crippen LogP contribution in [0.2, 0.25) is 0 Å². The van der Waals surface area contributed by atoms with Gasteiger partial charge in [0.1, 0.15) is 11.6 Å². The molecule has 0 radical (unpaired) electrons. The van der Waals surface area contributed by atoms with Crippen LogP contribution in [0.3, 0.4) is 0 Å². The first kappa shape index (κ1) is 13.8. The van der Waals surface area contributed by atoms with Gasteiger partial charge >= 0.3 is 0 Å². The minimum Gasteiger partial charge on any atom is -0.369 e. The predicted molar refractivity (Wildman–Crippen MR) is 72.6 cm³/mol. The summed E-state index contributed by atoms with van der Waals surface area (Å²) in [6.07, 6.45) is 4.35. The van der Waals surface area contributed by atoms with E-state index in [2.05, 4.69) is 15.6 Å². The second-order valence-corrected chi connectivity index (χ2v) is 5.08. The van der Waals surface area contributed by atoms with Crippen LogP contribution in [0.25, 0.3) is 0 Å². The van der Waals surface area contributed by atoms with Gasteiger partial charge in [-0.25, -0.2) is 9.37 Å². The average Bonchev–Trinajstić information content (AvgIpc) is 3.21. The van der Waals surface area contributed by atoms with E-state index in [1.807, 2.05) is 13.8 Å². The molecule has 0 bridgehead atoms. The standard InChI is InChI=1S/C14H20FN3O/c1-3-6-16-13-12(7-11(15)8-17-13)14(19)18-9(2)10-4-5-10/h7-10H,3-6H2,1-2H3,(H,16,17)(H,18,19). The number of carbonyl (C=O) groups excluding carboxylic acids is 1. The summed E-state index contributed by atoms with van der Waals surface area (Å²) in [6.45, 7) is 4.71. The summed E-state index contributed by atoms with van der Waals surface area (Å²) in [5, 5.41) is 5.97. The number of rotatable bonds is 6. The highest BCUT2D eigenvalue weighted by atomic mass is 19.1. The maximum atomic E-state index is 13.3. The van der Waals surface area contributed by atoms with E-state index < -0.39 is 5.82 Å². The summed E-state index contributed by atoms with van der Waals surface area (Å²) in [5.41, 5.74) is 0.279. The van der Waals surface area contributed by atoms with E-state index in [1.54, 1.807) is 0 Å². The van der Waals surface area contributed by atoms with Crippen LogP contribution in [0.4, 0.5) is 10.2 Å². The Hall–Kier alpha value is -1.65. The Labute approximate surface area is 112 Å². The lowest BCUT2D eigenvalue weighted by Crippen LogP contribution is -2.34. The predicted octanol–water partition coefficient (Wildman–Crippen LogP) is 2.57. The second kappa shape index (κ2) is 5.99. The van der Waals surface area contributed by atoms with Crippen LogP contribution in [0.5, 0.6) is 0 Å². The largest absolute Gasteiger partial charge is 0.369 e. The first-order valence-corrected chi connectivity index (χ1v) is 6.82. The quantitative estimate of drug-likeness (QED) is 0.831. The van der Waals surface area contributed by atoms with Gasteiger partial charge in [-0.1, -0.05) is 6.92 Å². The molecule has 1 heterocycles. The third-order valence-corrected chi connectivity index (χ3v) is 3.33. The van der Waals surface area contributed by atoms with Gasteiger partial charge in [0.2, 0.25) is 0 Å². The molecule has 5 heteroatoms. The normalized spacial score (nSPS) is 15.9. The molecule has 1 aliphatic rings. The van der Waals surface area contributed by atoms with E-state index in [1.165, 1.54) is 6.07 Å². The van der Waals surface area contributed by atoms with Crippen molar-refractivity contribution in [3.63, 3.8) is 0 Å². The number of aromatic nitrogens is 1. The molecule has 0 aliphatic heterocycles. The molecule has 104 valence electrons. The van der Waals surface area contributed by atoms with Gasteiger partial charge in [-0.3, -0.25) is 4.79 Å². The summed E-state index contributed by atoms with van der Waals surface area (Å²) >= 11 is 0. The van der Waals surface area contributed by atoms with Crippen molar-refractivity contribution in [3.05, 3.63) is 23.6 Å². The first-order chi connectivity index (χ1) is 9.11. The summed E-state index contributed by atoms with van der Waals surface area (Å²) in [7, 11) is 0. The summed E-state index contributed by atoms with van der Waals surface area (Å²) in [6, 6.07) is 1.37. The minimum absolute atomic E-state index is 0.134. The van der Waals surface area contributed by atoms with Gasteiger partial charge < -0.3 is 10.6 Å². The van der Waals surface area contributed by atoms with E-state index >= 15 is 0 Å². The van der Waals surface area contributed by atoms with Gasteiger partial charge in [0.15, 0.2) is 0 Å². The third kappa shape index (κ3) is 3.66. The molecule has 1 amide bonds. The Kier molecular flexibility index (Phi) is 4.35. The molecule has 1 fully saturated rings. The Morgan fingerprint density at radius 2 is 2.32 bits per heavy atom. The van der Waals surface area contributed by atoms with Gasteiger partial charge in [0, 0.05) is 12.6 Å². The molecular formula is C14H20FN3O. The molecule has 0 saturated heterocycles. The van der Waals surface area contributed by atoms with E-state index in [9.17, 15) is 9.18 Å². The number of pyridine rings is 1. The number of nitrogens with zero attached hydrogens (tertiary/aromatic N) is 1. The summed E-state index contributed by atoms with van der Waals surface area (Å²) in [4.78, 5) is 16.1. The number of hydrogen-bond acceptors (Lipinski definition) is 3. The van der Waals surface area contributed by atoms with Crippen LogP contribution in [0.15, 0.2) is 12.3 Å². The molecule has 4 nitrogen and oxygen atoms in total. The third-order valence-electron chi connectivity index (χ3n) is 3.33. The smallest absolute Gasteiger partial charge is 0.255 e. The molecule has 1 unspecified atom stereocenters. The van der Waals surface area contributed by atoms with Crippen molar-refractivity contribution in [1.29, 1.82) is 0 Å². The number of carbonyl (C=O) groups is 1. The highest BCUT2D eigenvalue weighted by Crippen LogP contribution is 2.32. The monoisotopic (exact) mass is 265 g/mol. The molecule has 0 spiro atoms. The fourth-order valence-electron chi connectivity index (χ4n) is 2.00. The zero-order valence-corrected chi connectivity index (χ0v) is 11.4. The molecule has 0 aromatic carbocycles. The van der Waals surface area contributed by atoms with Crippen LogP contribution < -0.4 is 10.6 Å². The van der Waals surface area contributed by atoms with Crippen LogP contribution in [0, 0.1) is 11.7 Å². The van der Waals surface area contributed by atoms with Crippen LogP contribution in [-0.4, -0.2) is 23.5 Å². The zero-order valence-electron chi connectivity index (χ0n) is 11.4. The highest BCUT2D eigenvalue weighted by Gasteiger charge is 2.29. The number of halogens is 1. The second-order valence-electron chi connectivity index (χ2n) is 5.08. The number of anilines is 1. The van der Waals surface area contributed by atoms with E-state index in [0.717, 1.165) is 25.5 Å². The lowest BCUT2D eigenvalue weighted by atomic mass is 10.1. The summed E-state index contributed by atoms with van der Waals surface area (Å²) in [5.74, 6) is 0.262. The molecule has 2 rings (SSSR count). The molecule has 19 heavy (non-hydrogen) atoms. The van der Waals surface area contributed by atoms with Crippen molar-refractivity contribution in [3.8, 4) is 0 Å². The fraction of sp³-hybridized carbons (Fsp3) is 0.571. The number of amides is 1. The van der Waals surface area contributed by atoms with Crippen LogP contribution in [0.1, 0.15) is 43.5 Å². The van der Waals surface area contributed by atoms with Gasteiger partial charge in [0.05, 0.1) is 11.8 Å². The van der Waals surface area contributed by atoms with Crippen molar-refractivity contribution in [1.82, 2.24) is 10.3 Å². The van der Waals surface area contributed by atoms with Gasteiger partial charge in [0.25, 0.3) is 5.91 Å². The van der Waals surface area contributed by atoms with Gasteiger partial charge in [-0.2, -0.15) is 0 Å². The average molecular weight is 265 g/mol. The zero-order chi connectivity index (χ0) is 13.8. The highest BCUT2D eigenvalue weighted by molar-refractivity contribution is 5.98. The van der Waals surface area contributed by atoms with E-state index in [-0.39, 0.29) is 17.5 Å². The fourth-order valence-corrected chi connectivity index (χ4v) is 2.00. The molecule has 1 saturated carbocycles. The maximum absolute atomic E-state index is 13.3. The lowest BCUT2D eigenvalue weighted by Gasteiger charge is -2.15. The van der Waals surface area contributed by atoms with E-state index in [4.69, 9.17) is 0 Å². The van der Waals surface area contributed by atoms with Crippen LogP contribution in [-0.2, 0) is 0 Å². The van der Waals surface area contributed by atoms with Crippen molar-refractivity contribution in [2.45, 2.75) is 39.2 Å². The topological polar surface area (TPSA) is 54.0 Å². The van der Waals surface area contributed by atoms with Crippen LogP contribution >= 0.6 is 0 Å². The van der Waals surface area contributed by atoms with Crippen molar-refractivity contribution in [2.24, 2.45) is 5.92 Å². The molecule has 1 aromatic rings. The first-order valence-electron chi connectivity index (χ1n) is 6.82.